The summed E-state index contributed by atoms with van der Waals surface area (Å²) in [6.45, 7) is 9.91. The lowest BCUT2D eigenvalue weighted by Gasteiger charge is -2.26. The molecule has 0 radical (unpaired) electrons. The second-order valence-corrected chi connectivity index (χ2v) is 7.84. The maximum absolute atomic E-state index is 13.1. The molecule has 1 fully saturated rings. The van der Waals surface area contributed by atoms with Crippen LogP contribution in [-0.2, 0) is 24.9 Å². The average Bonchev–Trinajstić information content (AvgIpc) is 3.23. The van der Waals surface area contributed by atoms with E-state index in [9.17, 15) is 9.59 Å². The average molecular weight is 402 g/mol. The molecule has 9 heteroatoms. The Bertz CT molecular complexity index is 1130. The van der Waals surface area contributed by atoms with Crippen LogP contribution in [-0.4, -0.2) is 60.8 Å². The molecule has 158 valence electrons. The van der Waals surface area contributed by atoms with Gasteiger partial charge in [0, 0.05) is 51.7 Å². The highest BCUT2D eigenvalue weighted by Gasteiger charge is 2.20. The minimum atomic E-state index is -0.299. The molecule has 0 spiro atoms. The van der Waals surface area contributed by atoms with E-state index in [1.807, 2.05) is 24.4 Å². The molecule has 1 aliphatic heterocycles. The Labute approximate surface area is 169 Å². The SMILES string of the molecule is CCCCn1c(=O)c2c(nc3n(CCCN4CCOCC4)c(C)cn23)n(C)c1=O. The monoisotopic (exact) mass is 402 g/mol. The molecule has 0 bridgehead atoms. The van der Waals surface area contributed by atoms with Crippen LogP contribution in [0.2, 0.25) is 0 Å². The van der Waals surface area contributed by atoms with Crippen LogP contribution in [0.4, 0.5) is 0 Å². The van der Waals surface area contributed by atoms with Gasteiger partial charge in [-0.3, -0.25) is 23.2 Å². The van der Waals surface area contributed by atoms with E-state index in [0.29, 0.717) is 17.7 Å². The maximum atomic E-state index is 13.1. The molecule has 0 saturated carbocycles. The smallest absolute Gasteiger partial charge is 0.332 e. The zero-order valence-electron chi connectivity index (χ0n) is 17.6. The van der Waals surface area contributed by atoms with E-state index in [-0.39, 0.29) is 11.2 Å². The van der Waals surface area contributed by atoms with Gasteiger partial charge in [-0.25, -0.2) is 4.79 Å². The van der Waals surface area contributed by atoms with Crippen LogP contribution < -0.4 is 11.2 Å². The van der Waals surface area contributed by atoms with Crippen LogP contribution in [0.25, 0.3) is 16.9 Å². The largest absolute Gasteiger partial charge is 0.379 e. The van der Waals surface area contributed by atoms with Crippen LogP contribution in [0.15, 0.2) is 15.8 Å². The highest BCUT2D eigenvalue weighted by Crippen LogP contribution is 2.17. The third-order valence-electron chi connectivity index (χ3n) is 5.84. The van der Waals surface area contributed by atoms with Gasteiger partial charge in [0.25, 0.3) is 5.56 Å². The van der Waals surface area contributed by atoms with Gasteiger partial charge in [-0.15, -0.1) is 0 Å². The van der Waals surface area contributed by atoms with Crippen LogP contribution in [0.5, 0.6) is 0 Å². The van der Waals surface area contributed by atoms with E-state index in [1.165, 1.54) is 9.13 Å². The fraction of sp³-hybridized carbons (Fsp3) is 0.650. The molecule has 0 atom stereocenters. The quantitative estimate of drug-likeness (QED) is 0.589. The Morgan fingerprint density at radius 2 is 1.79 bits per heavy atom. The molecule has 29 heavy (non-hydrogen) atoms. The lowest BCUT2D eigenvalue weighted by molar-refractivity contribution is 0.0369. The van der Waals surface area contributed by atoms with Gasteiger partial charge in [-0.05, 0) is 19.8 Å². The molecule has 0 amide bonds. The fourth-order valence-electron chi connectivity index (χ4n) is 4.12. The van der Waals surface area contributed by atoms with Crippen molar-refractivity contribution in [1.29, 1.82) is 0 Å². The van der Waals surface area contributed by atoms with Gasteiger partial charge in [0.05, 0.1) is 13.2 Å². The third kappa shape index (κ3) is 3.53. The number of hydrogen-bond donors (Lipinski definition) is 0. The number of aromatic nitrogens is 5. The molecule has 4 heterocycles. The number of nitrogens with zero attached hydrogens (tertiary/aromatic N) is 6. The summed E-state index contributed by atoms with van der Waals surface area (Å²) in [6.07, 6.45) is 4.67. The van der Waals surface area contributed by atoms with Crippen molar-refractivity contribution < 1.29 is 4.74 Å². The number of morpholine rings is 1. The van der Waals surface area contributed by atoms with E-state index in [1.54, 1.807) is 7.05 Å². The summed E-state index contributed by atoms with van der Waals surface area (Å²) >= 11 is 0. The molecule has 0 aliphatic carbocycles. The molecule has 4 rings (SSSR count). The lowest BCUT2D eigenvalue weighted by Crippen LogP contribution is -2.39. The van der Waals surface area contributed by atoms with E-state index in [4.69, 9.17) is 4.74 Å². The first kappa shape index (κ1) is 19.9. The van der Waals surface area contributed by atoms with Gasteiger partial charge < -0.3 is 9.30 Å². The predicted molar refractivity (Wildman–Crippen MR) is 112 cm³/mol. The number of rotatable bonds is 7. The summed E-state index contributed by atoms with van der Waals surface area (Å²) in [4.78, 5) is 32.8. The van der Waals surface area contributed by atoms with E-state index >= 15 is 0 Å². The van der Waals surface area contributed by atoms with Gasteiger partial charge in [-0.2, -0.15) is 4.98 Å². The first-order chi connectivity index (χ1) is 14.0. The Hall–Kier alpha value is -2.39. The van der Waals surface area contributed by atoms with E-state index in [2.05, 4.69) is 14.5 Å². The topological polar surface area (TPSA) is 78.7 Å². The standard InChI is InChI=1S/C20H30N6O3/c1-4-5-8-25-18(27)16-17(22(3)20(25)28)21-19-24(15(2)14-26(16)19)9-6-7-23-10-12-29-13-11-23/h14H,4-13H2,1-3H3. The van der Waals surface area contributed by atoms with E-state index in [0.717, 1.165) is 70.1 Å². The number of ether oxygens (including phenoxy) is 1. The van der Waals surface area contributed by atoms with Gasteiger partial charge in [0.15, 0.2) is 11.2 Å². The maximum Gasteiger partial charge on any atom is 0.332 e. The first-order valence-corrected chi connectivity index (χ1v) is 10.5. The Morgan fingerprint density at radius 3 is 2.52 bits per heavy atom. The van der Waals surface area contributed by atoms with Crippen molar-refractivity contribution in [3.63, 3.8) is 0 Å². The number of unbranched alkanes of at least 4 members (excludes halogenated alkanes) is 1. The number of hydrogen-bond acceptors (Lipinski definition) is 5. The summed E-state index contributed by atoms with van der Waals surface area (Å²) < 4.78 is 12.2. The summed E-state index contributed by atoms with van der Waals surface area (Å²) in [5, 5.41) is 0. The molecular weight excluding hydrogens is 372 g/mol. The molecule has 9 nitrogen and oxygen atoms in total. The van der Waals surface area contributed by atoms with Gasteiger partial charge in [-0.1, -0.05) is 13.3 Å². The molecule has 0 N–H and O–H groups in total. The molecule has 3 aromatic rings. The van der Waals surface area contributed by atoms with E-state index < -0.39 is 0 Å². The zero-order valence-corrected chi connectivity index (χ0v) is 17.6. The predicted octanol–water partition coefficient (Wildman–Crippen LogP) is 0.980. The summed E-state index contributed by atoms with van der Waals surface area (Å²) in [6, 6.07) is 0. The van der Waals surface area contributed by atoms with Crippen LogP contribution in [0, 0.1) is 6.92 Å². The molecule has 0 aromatic carbocycles. The van der Waals surface area contributed by atoms with Crippen molar-refractivity contribution in [2.45, 2.75) is 46.2 Å². The highest BCUT2D eigenvalue weighted by molar-refractivity contribution is 5.75. The fourth-order valence-corrected chi connectivity index (χ4v) is 4.12. The van der Waals surface area contributed by atoms with Gasteiger partial charge >= 0.3 is 5.69 Å². The minimum absolute atomic E-state index is 0.255. The van der Waals surface area contributed by atoms with Crippen molar-refractivity contribution in [2.24, 2.45) is 7.05 Å². The van der Waals surface area contributed by atoms with Gasteiger partial charge in [0.2, 0.25) is 5.78 Å². The molecule has 3 aromatic heterocycles. The Kier molecular flexibility index (Phi) is 5.60. The normalized spacial score (nSPS) is 15.7. The van der Waals surface area contributed by atoms with Crippen LogP contribution in [0.3, 0.4) is 0 Å². The number of imidazole rings is 2. The summed E-state index contributed by atoms with van der Waals surface area (Å²) in [5.41, 5.74) is 1.43. The summed E-state index contributed by atoms with van der Waals surface area (Å²) in [5.74, 6) is 0.722. The van der Waals surface area contributed by atoms with Crippen LogP contribution in [0.1, 0.15) is 31.9 Å². The third-order valence-corrected chi connectivity index (χ3v) is 5.84. The molecular formula is C20H30N6O3. The number of fused-ring (bicyclic) bond motifs is 3. The molecule has 1 aliphatic rings. The van der Waals surface area contributed by atoms with Crippen molar-refractivity contribution in [3.8, 4) is 0 Å². The van der Waals surface area contributed by atoms with Crippen molar-refractivity contribution in [1.82, 2.24) is 28.0 Å². The Balaban J connectivity index is 1.70. The first-order valence-electron chi connectivity index (χ1n) is 10.5. The molecule has 0 unspecified atom stereocenters. The highest BCUT2D eigenvalue weighted by atomic mass is 16.5. The zero-order chi connectivity index (χ0) is 20.5. The van der Waals surface area contributed by atoms with Crippen molar-refractivity contribution in [2.75, 3.05) is 32.8 Å². The number of aryl methyl sites for hydroxylation is 3. The second kappa shape index (κ2) is 8.16. The second-order valence-electron chi connectivity index (χ2n) is 7.84. The Morgan fingerprint density at radius 1 is 1.07 bits per heavy atom. The minimum Gasteiger partial charge on any atom is -0.379 e. The van der Waals surface area contributed by atoms with Crippen LogP contribution >= 0.6 is 0 Å². The van der Waals surface area contributed by atoms with Crippen molar-refractivity contribution >= 4 is 16.9 Å². The molecule has 1 saturated heterocycles. The van der Waals surface area contributed by atoms with Crippen molar-refractivity contribution in [3.05, 3.63) is 32.7 Å². The lowest BCUT2D eigenvalue weighted by atomic mass is 10.3. The summed E-state index contributed by atoms with van der Waals surface area (Å²) in [7, 11) is 1.69. The van der Waals surface area contributed by atoms with Gasteiger partial charge in [0.1, 0.15) is 0 Å².